The minimum Gasteiger partial charge on any atom is -0.480 e. The second kappa shape index (κ2) is 6.25. The number of rotatable bonds is 3. The zero-order chi connectivity index (χ0) is 18.2. The van der Waals surface area contributed by atoms with E-state index in [1.807, 2.05) is 71.4 Å². The van der Waals surface area contributed by atoms with Gasteiger partial charge in [-0.1, -0.05) is 30.3 Å². The molecule has 4 aromatic rings. The minimum absolute atomic E-state index is 0.143. The standard InChI is InChI=1S/C21H16N4O2/c26-20(19-12-15-4-1-2-5-18(15)27-19)23-16-8-6-14(7-9-16)17-13-25-11-3-10-22-21(25)24-17/h1-11,13,19H,12H2,(H,23,26)/t19-/m1/s1. The molecule has 0 saturated heterocycles. The minimum atomic E-state index is -0.494. The number of hydrogen-bond donors (Lipinski definition) is 1. The number of anilines is 1. The number of fused-ring (bicyclic) bond motifs is 2. The van der Waals surface area contributed by atoms with Gasteiger partial charge in [-0.3, -0.25) is 9.20 Å². The van der Waals surface area contributed by atoms with Gasteiger partial charge >= 0.3 is 0 Å². The third kappa shape index (κ3) is 2.91. The molecule has 0 aliphatic carbocycles. The van der Waals surface area contributed by atoms with Gasteiger partial charge in [0.1, 0.15) is 5.75 Å². The number of benzene rings is 2. The summed E-state index contributed by atoms with van der Waals surface area (Å²) in [7, 11) is 0. The van der Waals surface area contributed by atoms with E-state index in [1.165, 1.54) is 0 Å². The lowest BCUT2D eigenvalue weighted by molar-refractivity contribution is -0.122. The van der Waals surface area contributed by atoms with Crippen LogP contribution in [-0.2, 0) is 11.2 Å². The molecule has 6 nitrogen and oxygen atoms in total. The first-order valence-corrected chi connectivity index (χ1v) is 8.72. The van der Waals surface area contributed by atoms with Crippen LogP contribution < -0.4 is 10.1 Å². The molecule has 0 unspecified atom stereocenters. The molecular weight excluding hydrogens is 340 g/mol. The predicted octanol–water partition coefficient (Wildman–Crippen LogP) is 3.34. The number of ether oxygens (including phenoxy) is 1. The Labute approximate surface area is 155 Å². The molecule has 5 rings (SSSR count). The molecule has 0 fully saturated rings. The van der Waals surface area contributed by atoms with Crippen LogP contribution in [0.1, 0.15) is 5.56 Å². The molecule has 1 amide bonds. The van der Waals surface area contributed by atoms with Crippen molar-refractivity contribution in [1.82, 2.24) is 14.4 Å². The number of nitrogens with one attached hydrogen (secondary N) is 1. The van der Waals surface area contributed by atoms with Gasteiger partial charge in [-0.05, 0) is 29.8 Å². The van der Waals surface area contributed by atoms with Gasteiger partial charge in [0.15, 0.2) is 6.10 Å². The van der Waals surface area contributed by atoms with Gasteiger partial charge in [-0.15, -0.1) is 0 Å². The van der Waals surface area contributed by atoms with E-state index in [9.17, 15) is 4.79 Å². The van der Waals surface area contributed by atoms with Crippen molar-refractivity contribution in [2.45, 2.75) is 12.5 Å². The van der Waals surface area contributed by atoms with Gasteiger partial charge in [0.05, 0.1) is 5.69 Å². The highest BCUT2D eigenvalue weighted by atomic mass is 16.5. The number of carbonyl (C=O) groups excluding carboxylic acids is 1. The summed E-state index contributed by atoms with van der Waals surface area (Å²) in [6.45, 7) is 0. The number of amides is 1. The van der Waals surface area contributed by atoms with Crippen molar-refractivity contribution in [3.05, 3.63) is 78.8 Å². The fourth-order valence-corrected chi connectivity index (χ4v) is 3.24. The second-order valence-corrected chi connectivity index (χ2v) is 6.44. The van der Waals surface area contributed by atoms with Crippen molar-refractivity contribution in [1.29, 1.82) is 0 Å². The largest absolute Gasteiger partial charge is 0.480 e. The summed E-state index contributed by atoms with van der Waals surface area (Å²) < 4.78 is 7.61. The van der Waals surface area contributed by atoms with E-state index in [1.54, 1.807) is 6.20 Å². The lowest BCUT2D eigenvalue weighted by atomic mass is 10.1. The maximum Gasteiger partial charge on any atom is 0.265 e. The van der Waals surface area contributed by atoms with Crippen LogP contribution in [-0.4, -0.2) is 26.4 Å². The Kier molecular flexibility index (Phi) is 3.60. The number of nitrogens with zero attached hydrogens (tertiary/aromatic N) is 3. The number of hydrogen-bond acceptors (Lipinski definition) is 4. The molecule has 132 valence electrons. The van der Waals surface area contributed by atoms with Crippen LogP contribution in [0.4, 0.5) is 5.69 Å². The van der Waals surface area contributed by atoms with Crippen LogP contribution >= 0.6 is 0 Å². The third-order valence-electron chi connectivity index (χ3n) is 4.62. The molecule has 6 heteroatoms. The fraction of sp³-hybridized carbons (Fsp3) is 0.0952. The first kappa shape index (κ1) is 15.6. The summed E-state index contributed by atoms with van der Waals surface area (Å²) in [5.74, 6) is 1.30. The highest BCUT2D eigenvalue weighted by Gasteiger charge is 2.28. The normalized spacial score (nSPS) is 15.3. The van der Waals surface area contributed by atoms with Gasteiger partial charge in [-0.2, -0.15) is 0 Å². The Hall–Kier alpha value is -3.67. The first-order chi connectivity index (χ1) is 13.3. The van der Waals surface area contributed by atoms with Crippen molar-refractivity contribution in [3.8, 4) is 17.0 Å². The molecule has 27 heavy (non-hydrogen) atoms. The smallest absolute Gasteiger partial charge is 0.265 e. The maximum atomic E-state index is 12.5. The van der Waals surface area contributed by atoms with Crippen molar-refractivity contribution in [2.75, 3.05) is 5.32 Å². The number of imidazole rings is 1. The number of aromatic nitrogens is 3. The molecule has 1 atom stereocenters. The number of para-hydroxylation sites is 1. The first-order valence-electron chi connectivity index (χ1n) is 8.72. The van der Waals surface area contributed by atoms with E-state index in [-0.39, 0.29) is 5.91 Å². The van der Waals surface area contributed by atoms with Crippen LogP contribution in [0.3, 0.4) is 0 Å². The van der Waals surface area contributed by atoms with E-state index >= 15 is 0 Å². The van der Waals surface area contributed by atoms with E-state index in [0.717, 1.165) is 28.3 Å². The third-order valence-corrected chi connectivity index (χ3v) is 4.62. The summed E-state index contributed by atoms with van der Waals surface area (Å²) in [4.78, 5) is 21.2. The molecule has 1 aliphatic rings. The average Bonchev–Trinajstić information content (AvgIpc) is 3.32. The lowest BCUT2D eigenvalue weighted by Crippen LogP contribution is -2.31. The predicted molar refractivity (Wildman–Crippen MR) is 102 cm³/mol. The van der Waals surface area contributed by atoms with Gasteiger partial charge in [0.25, 0.3) is 5.91 Å². The average molecular weight is 356 g/mol. The summed E-state index contributed by atoms with van der Waals surface area (Å²) >= 11 is 0. The highest BCUT2D eigenvalue weighted by Crippen LogP contribution is 2.29. The van der Waals surface area contributed by atoms with Crippen LogP contribution in [0.2, 0.25) is 0 Å². The van der Waals surface area contributed by atoms with Crippen molar-refractivity contribution in [2.24, 2.45) is 0 Å². The van der Waals surface area contributed by atoms with Crippen molar-refractivity contribution in [3.63, 3.8) is 0 Å². The Balaban J connectivity index is 1.30. The molecule has 0 saturated carbocycles. The molecule has 3 heterocycles. The van der Waals surface area contributed by atoms with E-state index < -0.39 is 6.10 Å². The fourth-order valence-electron chi connectivity index (χ4n) is 3.24. The van der Waals surface area contributed by atoms with Gasteiger partial charge in [0.2, 0.25) is 5.78 Å². The van der Waals surface area contributed by atoms with Gasteiger partial charge in [-0.25, -0.2) is 9.97 Å². The quantitative estimate of drug-likeness (QED) is 0.611. The zero-order valence-electron chi connectivity index (χ0n) is 14.4. The van der Waals surface area contributed by atoms with E-state index in [2.05, 4.69) is 15.3 Å². The number of carbonyl (C=O) groups is 1. The van der Waals surface area contributed by atoms with Crippen molar-refractivity contribution < 1.29 is 9.53 Å². The molecular formula is C21H16N4O2. The van der Waals surface area contributed by atoms with Crippen LogP contribution in [0, 0.1) is 0 Å². The molecule has 0 radical (unpaired) electrons. The zero-order valence-corrected chi connectivity index (χ0v) is 14.4. The monoisotopic (exact) mass is 356 g/mol. The Morgan fingerprint density at radius 1 is 1.11 bits per heavy atom. The van der Waals surface area contributed by atoms with Crippen molar-refractivity contribution >= 4 is 17.4 Å². The van der Waals surface area contributed by atoms with Crippen LogP contribution in [0.5, 0.6) is 5.75 Å². The maximum absolute atomic E-state index is 12.5. The van der Waals surface area contributed by atoms with Crippen LogP contribution in [0.15, 0.2) is 73.2 Å². The second-order valence-electron chi connectivity index (χ2n) is 6.44. The molecule has 2 aromatic heterocycles. The Morgan fingerprint density at radius 2 is 1.96 bits per heavy atom. The summed E-state index contributed by atoms with van der Waals surface area (Å²) in [5, 5.41) is 2.92. The van der Waals surface area contributed by atoms with E-state index in [4.69, 9.17) is 4.74 Å². The topological polar surface area (TPSA) is 68.5 Å². The lowest BCUT2D eigenvalue weighted by Gasteiger charge is -2.11. The summed E-state index contributed by atoms with van der Waals surface area (Å²) in [6, 6.07) is 17.2. The molecule has 1 aliphatic heterocycles. The molecule has 2 aromatic carbocycles. The highest BCUT2D eigenvalue weighted by molar-refractivity contribution is 5.95. The van der Waals surface area contributed by atoms with Gasteiger partial charge < -0.3 is 10.1 Å². The molecule has 1 N–H and O–H groups in total. The van der Waals surface area contributed by atoms with Gasteiger partial charge in [0, 0.05) is 36.3 Å². The Morgan fingerprint density at radius 3 is 2.78 bits per heavy atom. The SMILES string of the molecule is O=C(Nc1ccc(-c2cn3cccnc3n2)cc1)[C@H]1Cc2ccccc2O1. The van der Waals surface area contributed by atoms with Crippen LogP contribution in [0.25, 0.3) is 17.0 Å². The Bertz CT molecular complexity index is 1080. The van der Waals surface area contributed by atoms with E-state index in [0.29, 0.717) is 12.2 Å². The summed E-state index contributed by atoms with van der Waals surface area (Å²) in [6.07, 6.45) is 5.65. The molecule has 0 bridgehead atoms. The summed E-state index contributed by atoms with van der Waals surface area (Å²) in [5.41, 5.74) is 3.59. The molecule has 0 spiro atoms.